The number of nitrogens with zero attached hydrogens (tertiary/aromatic N) is 1. The molecule has 0 aromatic heterocycles. The first-order valence-electron chi connectivity index (χ1n) is 4.64. The van der Waals surface area contributed by atoms with E-state index in [2.05, 4.69) is 4.72 Å². The first-order valence-corrected chi connectivity index (χ1v) is 6.08. The van der Waals surface area contributed by atoms with Crippen LogP contribution in [0, 0.1) is 5.92 Å². The highest BCUT2D eigenvalue weighted by molar-refractivity contribution is 7.87. The lowest BCUT2D eigenvalue weighted by molar-refractivity contribution is 0.115. The molecule has 0 atom stereocenters. The normalized spacial score (nSPS) is 20.9. The Kier molecular flexibility index (Phi) is 3.20. The van der Waals surface area contributed by atoms with Crippen LogP contribution in [0.15, 0.2) is 0 Å². The smallest absolute Gasteiger partial charge is 0.279 e. The molecule has 84 valence electrons. The maximum absolute atomic E-state index is 11.6. The molecule has 1 saturated heterocycles. The summed E-state index contributed by atoms with van der Waals surface area (Å²) in [5, 5.41) is 8.76. The molecule has 2 N–H and O–H groups in total. The molecule has 1 rings (SSSR count). The van der Waals surface area contributed by atoms with E-state index in [0.717, 1.165) is 0 Å². The van der Waals surface area contributed by atoms with E-state index in [4.69, 9.17) is 5.11 Å². The van der Waals surface area contributed by atoms with Crippen molar-refractivity contribution in [1.29, 1.82) is 0 Å². The summed E-state index contributed by atoms with van der Waals surface area (Å²) in [5.41, 5.74) is -0.455. The third-order valence-corrected chi connectivity index (χ3v) is 3.81. The minimum atomic E-state index is -3.35. The van der Waals surface area contributed by atoms with Gasteiger partial charge in [-0.05, 0) is 20.8 Å². The van der Waals surface area contributed by atoms with Crippen molar-refractivity contribution in [3.8, 4) is 0 Å². The summed E-state index contributed by atoms with van der Waals surface area (Å²) in [6.07, 6.45) is 0. The zero-order valence-corrected chi connectivity index (χ0v) is 9.63. The molecule has 0 aromatic carbocycles. The molecule has 0 unspecified atom stereocenters. The van der Waals surface area contributed by atoms with Gasteiger partial charge in [-0.25, -0.2) is 0 Å². The summed E-state index contributed by atoms with van der Waals surface area (Å²) in [7, 11) is -3.35. The quantitative estimate of drug-likeness (QED) is 0.679. The van der Waals surface area contributed by atoms with Crippen LogP contribution in [0.25, 0.3) is 0 Å². The minimum Gasteiger partial charge on any atom is -0.396 e. The van der Waals surface area contributed by atoms with Crippen molar-refractivity contribution in [3.63, 3.8) is 0 Å². The van der Waals surface area contributed by atoms with E-state index in [-0.39, 0.29) is 12.5 Å². The molecule has 0 spiro atoms. The van der Waals surface area contributed by atoms with Gasteiger partial charge in [-0.1, -0.05) is 0 Å². The van der Waals surface area contributed by atoms with Crippen LogP contribution in [0.4, 0.5) is 0 Å². The molecular weight excluding hydrogens is 204 g/mol. The zero-order valence-electron chi connectivity index (χ0n) is 8.82. The van der Waals surface area contributed by atoms with Gasteiger partial charge in [-0.2, -0.15) is 17.4 Å². The van der Waals surface area contributed by atoms with Gasteiger partial charge in [-0.3, -0.25) is 0 Å². The molecule has 14 heavy (non-hydrogen) atoms. The average Bonchev–Trinajstić information content (AvgIpc) is 1.76. The van der Waals surface area contributed by atoms with Gasteiger partial charge in [0.2, 0.25) is 0 Å². The molecule has 0 saturated carbocycles. The molecule has 1 heterocycles. The maximum atomic E-state index is 11.6. The van der Waals surface area contributed by atoms with Crippen molar-refractivity contribution >= 4 is 10.2 Å². The first-order chi connectivity index (χ1) is 6.24. The van der Waals surface area contributed by atoms with Crippen molar-refractivity contribution in [2.45, 2.75) is 26.3 Å². The molecule has 6 heteroatoms. The predicted molar refractivity (Wildman–Crippen MR) is 54.0 cm³/mol. The molecule has 0 aliphatic carbocycles. The van der Waals surface area contributed by atoms with Gasteiger partial charge in [0.15, 0.2) is 0 Å². The fraction of sp³-hybridized carbons (Fsp3) is 1.00. The van der Waals surface area contributed by atoms with Gasteiger partial charge in [0.05, 0.1) is 0 Å². The average molecular weight is 222 g/mol. The van der Waals surface area contributed by atoms with Crippen LogP contribution in [-0.2, 0) is 10.2 Å². The molecule has 1 aliphatic rings. The summed E-state index contributed by atoms with van der Waals surface area (Å²) < 4.78 is 27.2. The van der Waals surface area contributed by atoms with Crippen molar-refractivity contribution < 1.29 is 13.5 Å². The number of rotatable bonds is 3. The Morgan fingerprint density at radius 2 is 1.93 bits per heavy atom. The van der Waals surface area contributed by atoms with Gasteiger partial charge in [0.1, 0.15) is 0 Å². The van der Waals surface area contributed by atoms with Gasteiger partial charge in [-0.15, -0.1) is 0 Å². The van der Waals surface area contributed by atoms with E-state index in [1.807, 2.05) is 0 Å². The fourth-order valence-corrected chi connectivity index (χ4v) is 3.00. The van der Waals surface area contributed by atoms with E-state index in [0.29, 0.717) is 13.1 Å². The van der Waals surface area contributed by atoms with Crippen molar-refractivity contribution in [1.82, 2.24) is 9.03 Å². The second-order valence-electron chi connectivity index (χ2n) is 4.72. The van der Waals surface area contributed by atoms with Crippen molar-refractivity contribution in [3.05, 3.63) is 0 Å². The highest BCUT2D eigenvalue weighted by Gasteiger charge is 2.36. The van der Waals surface area contributed by atoms with Gasteiger partial charge in [0.25, 0.3) is 10.2 Å². The standard InChI is InChI=1S/C8H18N2O3S/c1-8(2,3)9-14(12,13)10-4-7(5-10)6-11/h7,9,11H,4-6H2,1-3H3. The van der Waals surface area contributed by atoms with Gasteiger partial charge >= 0.3 is 0 Å². The number of aliphatic hydroxyl groups is 1. The molecule has 0 aromatic rings. The van der Waals surface area contributed by atoms with Gasteiger partial charge in [0, 0.05) is 31.2 Å². The van der Waals surface area contributed by atoms with Crippen LogP contribution in [-0.4, -0.2) is 43.1 Å². The number of hydrogen-bond donors (Lipinski definition) is 2. The molecular formula is C8H18N2O3S. The van der Waals surface area contributed by atoms with E-state index < -0.39 is 15.7 Å². The van der Waals surface area contributed by atoms with Crippen molar-refractivity contribution in [2.24, 2.45) is 5.92 Å². The van der Waals surface area contributed by atoms with E-state index in [1.165, 1.54) is 4.31 Å². The second kappa shape index (κ2) is 3.77. The van der Waals surface area contributed by atoms with Crippen LogP contribution < -0.4 is 4.72 Å². The topological polar surface area (TPSA) is 69.6 Å². The Morgan fingerprint density at radius 1 is 1.43 bits per heavy atom. The third-order valence-electron chi connectivity index (χ3n) is 1.96. The number of nitrogens with one attached hydrogen (secondary N) is 1. The van der Waals surface area contributed by atoms with Crippen LogP contribution in [0.1, 0.15) is 20.8 Å². The largest absolute Gasteiger partial charge is 0.396 e. The molecule has 1 fully saturated rings. The highest BCUT2D eigenvalue weighted by atomic mass is 32.2. The summed E-state index contributed by atoms with van der Waals surface area (Å²) in [4.78, 5) is 0. The highest BCUT2D eigenvalue weighted by Crippen LogP contribution is 2.19. The monoisotopic (exact) mass is 222 g/mol. The molecule has 5 nitrogen and oxygen atoms in total. The molecule has 0 bridgehead atoms. The van der Waals surface area contributed by atoms with E-state index in [9.17, 15) is 8.42 Å². The van der Waals surface area contributed by atoms with Gasteiger partial charge < -0.3 is 5.11 Å². The molecule has 0 amide bonds. The van der Waals surface area contributed by atoms with Crippen LogP contribution in [0.3, 0.4) is 0 Å². The first kappa shape index (κ1) is 11.9. The summed E-state index contributed by atoms with van der Waals surface area (Å²) in [6.45, 7) is 6.29. The Hall–Kier alpha value is -0.170. The van der Waals surface area contributed by atoms with Crippen LogP contribution in [0.5, 0.6) is 0 Å². The Balaban J connectivity index is 2.53. The number of hydrogen-bond acceptors (Lipinski definition) is 3. The summed E-state index contributed by atoms with van der Waals surface area (Å²) in [5.74, 6) is 0.103. The lowest BCUT2D eigenvalue weighted by atomic mass is 10.1. The lowest BCUT2D eigenvalue weighted by Gasteiger charge is -2.38. The second-order valence-corrected chi connectivity index (χ2v) is 6.39. The predicted octanol–water partition coefficient (Wildman–Crippen LogP) is -0.457. The fourth-order valence-electron chi connectivity index (χ4n) is 1.29. The van der Waals surface area contributed by atoms with E-state index in [1.54, 1.807) is 20.8 Å². The Bertz CT molecular complexity index is 288. The Labute approximate surface area is 85.3 Å². The SMILES string of the molecule is CC(C)(C)NS(=O)(=O)N1CC(CO)C1. The molecule has 1 aliphatic heterocycles. The minimum absolute atomic E-state index is 0.0571. The van der Waals surface area contributed by atoms with Crippen molar-refractivity contribution in [2.75, 3.05) is 19.7 Å². The number of aliphatic hydroxyl groups excluding tert-OH is 1. The third kappa shape index (κ3) is 2.91. The maximum Gasteiger partial charge on any atom is 0.279 e. The Morgan fingerprint density at radius 3 is 2.29 bits per heavy atom. The molecule has 0 radical (unpaired) electrons. The van der Waals surface area contributed by atoms with Crippen LogP contribution >= 0.6 is 0 Å². The summed E-state index contributed by atoms with van der Waals surface area (Å²) in [6, 6.07) is 0. The zero-order chi connectivity index (χ0) is 11.0. The lowest BCUT2D eigenvalue weighted by Crippen LogP contribution is -2.58. The summed E-state index contributed by atoms with van der Waals surface area (Å²) >= 11 is 0. The van der Waals surface area contributed by atoms with Crippen LogP contribution in [0.2, 0.25) is 0 Å². The van der Waals surface area contributed by atoms with E-state index >= 15 is 0 Å².